The van der Waals surface area contributed by atoms with Gasteiger partial charge in [-0.2, -0.15) is 10.4 Å². The standard InChI is InChI=1S/C29H29N7O4/c1-29(2,3)40-28(39)32-13-12-31-26(37)21-8-6-20(7-9-21)23-18-34-36-14-11-22(15-24(23)36)27(38)35(4)25-10-5-19(16-30)17-33-25/h5-11,14-15,17-18H,12-13H2,1-4H3,(H,31,37)(H,32,39). The van der Waals surface area contributed by atoms with E-state index in [2.05, 4.69) is 20.7 Å². The van der Waals surface area contributed by atoms with Crippen LogP contribution < -0.4 is 15.5 Å². The van der Waals surface area contributed by atoms with E-state index in [-0.39, 0.29) is 24.9 Å². The number of aromatic nitrogens is 3. The third-order valence-corrected chi connectivity index (χ3v) is 5.83. The summed E-state index contributed by atoms with van der Waals surface area (Å²) in [6.45, 7) is 5.81. The van der Waals surface area contributed by atoms with Crippen molar-refractivity contribution in [2.75, 3.05) is 25.0 Å². The van der Waals surface area contributed by atoms with Gasteiger partial charge in [0.05, 0.1) is 17.3 Å². The van der Waals surface area contributed by atoms with Crippen LogP contribution in [0.15, 0.2) is 67.1 Å². The average Bonchev–Trinajstić information content (AvgIpc) is 3.37. The van der Waals surface area contributed by atoms with Gasteiger partial charge in [-0.1, -0.05) is 12.1 Å². The van der Waals surface area contributed by atoms with Crippen molar-refractivity contribution in [1.29, 1.82) is 5.26 Å². The normalized spacial score (nSPS) is 11.0. The Balaban J connectivity index is 1.42. The summed E-state index contributed by atoms with van der Waals surface area (Å²) in [6.07, 6.45) is 4.29. The Kier molecular flexibility index (Phi) is 8.09. The van der Waals surface area contributed by atoms with Gasteiger partial charge in [-0.25, -0.2) is 14.3 Å². The van der Waals surface area contributed by atoms with Gasteiger partial charge < -0.3 is 15.4 Å². The minimum atomic E-state index is -0.590. The number of nitrogens with zero attached hydrogens (tertiary/aromatic N) is 5. The maximum absolute atomic E-state index is 13.2. The van der Waals surface area contributed by atoms with E-state index in [9.17, 15) is 14.4 Å². The molecule has 4 aromatic rings. The highest BCUT2D eigenvalue weighted by atomic mass is 16.6. The van der Waals surface area contributed by atoms with Crippen molar-refractivity contribution < 1.29 is 19.1 Å². The summed E-state index contributed by atoms with van der Waals surface area (Å²) in [7, 11) is 1.62. The second-order valence-electron chi connectivity index (χ2n) is 9.95. The molecule has 0 saturated carbocycles. The van der Waals surface area contributed by atoms with Crippen LogP contribution in [0, 0.1) is 11.3 Å². The van der Waals surface area contributed by atoms with Crippen LogP contribution in [-0.4, -0.2) is 58.2 Å². The van der Waals surface area contributed by atoms with Gasteiger partial charge in [0.2, 0.25) is 0 Å². The quantitative estimate of drug-likeness (QED) is 0.340. The van der Waals surface area contributed by atoms with Crippen molar-refractivity contribution >= 4 is 29.2 Å². The van der Waals surface area contributed by atoms with Crippen LogP contribution in [0.3, 0.4) is 0 Å². The number of fused-ring (bicyclic) bond motifs is 1. The predicted molar refractivity (Wildman–Crippen MR) is 149 cm³/mol. The second kappa shape index (κ2) is 11.7. The van der Waals surface area contributed by atoms with Gasteiger partial charge in [0.15, 0.2) is 0 Å². The number of pyridine rings is 2. The van der Waals surface area contributed by atoms with Crippen LogP contribution in [0.2, 0.25) is 0 Å². The molecule has 3 amide bonds. The molecule has 0 radical (unpaired) electrons. The Morgan fingerprint density at radius 2 is 1.73 bits per heavy atom. The van der Waals surface area contributed by atoms with E-state index in [1.165, 1.54) is 11.1 Å². The van der Waals surface area contributed by atoms with Crippen LogP contribution in [0.5, 0.6) is 0 Å². The van der Waals surface area contributed by atoms with Gasteiger partial charge in [-0.3, -0.25) is 14.5 Å². The van der Waals surface area contributed by atoms with Crippen molar-refractivity contribution in [2.45, 2.75) is 26.4 Å². The molecule has 0 bridgehead atoms. The van der Waals surface area contributed by atoms with E-state index in [1.807, 2.05) is 18.2 Å². The minimum absolute atomic E-state index is 0.235. The van der Waals surface area contributed by atoms with E-state index in [1.54, 1.807) is 81.1 Å². The third-order valence-electron chi connectivity index (χ3n) is 5.83. The highest BCUT2D eigenvalue weighted by molar-refractivity contribution is 6.06. The number of carbonyl (C=O) groups is 3. The zero-order chi connectivity index (χ0) is 28.9. The SMILES string of the molecule is CN(C(=O)c1ccn2ncc(-c3ccc(C(=O)NCCNC(=O)OC(C)(C)C)cc3)c2c1)c1ccc(C#N)cn1. The molecule has 2 N–H and O–H groups in total. The fourth-order valence-corrected chi connectivity index (χ4v) is 3.84. The summed E-state index contributed by atoms with van der Waals surface area (Å²) in [5.74, 6) is -0.114. The molecule has 0 atom stereocenters. The van der Waals surface area contributed by atoms with Gasteiger partial charge >= 0.3 is 6.09 Å². The van der Waals surface area contributed by atoms with Crippen LogP contribution >= 0.6 is 0 Å². The van der Waals surface area contributed by atoms with Crippen molar-refractivity contribution in [2.24, 2.45) is 0 Å². The van der Waals surface area contributed by atoms with E-state index in [4.69, 9.17) is 10.00 Å². The Morgan fingerprint density at radius 3 is 2.38 bits per heavy atom. The number of anilines is 1. The maximum Gasteiger partial charge on any atom is 0.407 e. The lowest BCUT2D eigenvalue weighted by atomic mass is 10.0. The lowest BCUT2D eigenvalue weighted by molar-refractivity contribution is 0.0526. The zero-order valence-corrected chi connectivity index (χ0v) is 22.6. The van der Waals surface area contributed by atoms with Gasteiger partial charge in [0.25, 0.3) is 11.8 Å². The van der Waals surface area contributed by atoms with Crippen LogP contribution in [0.4, 0.5) is 10.6 Å². The molecule has 204 valence electrons. The first kappa shape index (κ1) is 27.8. The van der Waals surface area contributed by atoms with Crippen LogP contribution in [0.25, 0.3) is 16.6 Å². The largest absolute Gasteiger partial charge is 0.444 e. The number of carbonyl (C=O) groups excluding carboxylic acids is 3. The molecular weight excluding hydrogens is 510 g/mol. The van der Waals surface area contributed by atoms with Crippen molar-refractivity contribution in [3.05, 3.63) is 83.8 Å². The smallest absolute Gasteiger partial charge is 0.407 e. The summed E-state index contributed by atoms with van der Waals surface area (Å²) in [6, 6.07) is 15.7. The number of amides is 3. The van der Waals surface area contributed by atoms with Gasteiger partial charge in [0, 0.05) is 49.2 Å². The first-order valence-electron chi connectivity index (χ1n) is 12.5. The molecule has 4 rings (SSSR count). The number of nitrogens with one attached hydrogen (secondary N) is 2. The molecule has 40 heavy (non-hydrogen) atoms. The molecule has 0 aliphatic heterocycles. The van der Waals surface area contributed by atoms with Gasteiger partial charge in [0.1, 0.15) is 17.5 Å². The Hall–Kier alpha value is -5.24. The fourth-order valence-electron chi connectivity index (χ4n) is 3.84. The molecule has 11 nitrogen and oxygen atoms in total. The number of rotatable bonds is 7. The lowest BCUT2D eigenvalue weighted by Crippen LogP contribution is -2.37. The molecule has 0 spiro atoms. The molecular formula is C29H29N7O4. The molecule has 0 unspecified atom stereocenters. The number of ether oxygens (including phenoxy) is 1. The van der Waals surface area contributed by atoms with E-state index < -0.39 is 11.7 Å². The minimum Gasteiger partial charge on any atom is -0.444 e. The molecule has 3 heterocycles. The fraction of sp³-hybridized carbons (Fsp3) is 0.241. The molecule has 0 fully saturated rings. The number of hydrogen-bond donors (Lipinski definition) is 2. The van der Waals surface area contributed by atoms with Crippen LogP contribution in [0.1, 0.15) is 47.1 Å². The Labute approximate surface area is 231 Å². The second-order valence-corrected chi connectivity index (χ2v) is 9.95. The summed E-state index contributed by atoms with van der Waals surface area (Å²) in [4.78, 5) is 43.0. The van der Waals surface area contributed by atoms with Crippen LogP contribution in [-0.2, 0) is 4.74 Å². The highest BCUT2D eigenvalue weighted by Gasteiger charge is 2.18. The average molecular weight is 540 g/mol. The highest BCUT2D eigenvalue weighted by Crippen LogP contribution is 2.26. The summed E-state index contributed by atoms with van der Waals surface area (Å²) in [5, 5.41) is 18.7. The molecule has 0 aliphatic carbocycles. The molecule has 0 saturated heterocycles. The maximum atomic E-state index is 13.2. The third kappa shape index (κ3) is 6.60. The van der Waals surface area contributed by atoms with Crippen molar-refractivity contribution in [3.8, 4) is 17.2 Å². The Bertz CT molecular complexity index is 1580. The number of benzene rings is 1. The summed E-state index contributed by atoms with van der Waals surface area (Å²) >= 11 is 0. The van der Waals surface area contributed by atoms with E-state index in [0.717, 1.165) is 16.6 Å². The first-order valence-corrected chi connectivity index (χ1v) is 12.5. The van der Waals surface area contributed by atoms with Crippen molar-refractivity contribution in [3.63, 3.8) is 0 Å². The zero-order valence-electron chi connectivity index (χ0n) is 22.6. The summed E-state index contributed by atoms with van der Waals surface area (Å²) < 4.78 is 6.84. The van der Waals surface area contributed by atoms with E-state index in [0.29, 0.717) is 22.5 Å². The number of hydrogen-bond acceptors (Lipinski definition) is 7. The number of nitriles is 1. The number of alkyl carbamates (subject to hydrolysis) is 1. The first-order chi connectivity index (χ1) is 19.1. The monoisotopic (exact) mass is 539 g/mol. The predicted octanol–water partition coefficient (Wildman–Crippen LogP) is 3.80. The molecule has 3 aromatic heterocycles. The molecule has 1 aromatic carbocycles. The summed E-state index contributed by atoms with van der Waals surface area (Å²) in [5.41, 5.74) is 3.06. The van der Waals surface area contributed by atoms with Gasteiger partial charge in [-0.05, 0) is 62.7 Å². The topological polar surface area (TPSA) is 142 Å². The van der Waals surface area contributed by atoms with Gasteiger partial charge in [-0.15, -0.1) is 0 Å². The van der Waals surface area contributed by atoms with Crippen molar-refractivity contribution in [1.82, 2.24) is 25.2 Å². The molecule has 0 aliphatic rings. The lowest BCUT2D eigenvalue weighted by Gasteiger charge is -2.19. The Morgan fingerprint density at radius 1 is 1.00 bits per heavy atom. The molecule has 11 heteroatoms. The van der Waals surface area contributed by atoms with E-state index >= 15 is 0 Å².